The van der Waals surface area contributed by atoms with Crippen molar-refractivity contribution in [3.63, 3.8) is 0 Å². The molecule has 10 nitrogen and oxygen atoms in total. The summed E-state index contributed by atoms with van der Waals surface area (Å²) >= 11 is 5.88. The van der Waals surface area contributed by atoms with Crippen LogP contribution in [0.5, 0.6) is 0 Å². The number of nitrogens with zero attached hydrogens (tertiary/aromatic N) is 2. The first-order valence-corrected chi connectivity index (χ1v) is 9.77. The van der Waals surface area contributed by atoms with Crippen LogP contribution in [0, 0.1) is 10.1 Å². The van der Waals surface area contributed by atoms with E-state index in [1.807, 2.05) is 0 Å². The summed E-state index contributed by atoms with van der Waals surface area (Å²) in [4.78, 5) is 34.1. The van der Waals surface area contributed by atoms with Crippen LogP contribution in [0.15, 0.2) is 47.4 Å². The molecule has 1 amide bonds. The lowest BCUT2D eigenvalue weighted by atomic mass is 10.2. The van der Waals surface area contributed by atoms with Crippen LogP contribution < -0.4 is 5.32 Å². The molecule has 0 spiro atoms. The van der Waals surface area contributed by atoms with E-state index in [0.717, 1.165) is 10.4 Å². The van der Waals surface area contributed by atoms with Crippen LogP contribution in [-0.2, 0) is 19.6 Å². The largest absolute Gasteiger partial charge is 0.452 e. The summed E-state index contributed by atoms with van der Waals surface area (Å²) in [7, 11) is -0.879. The first kappa shape index (κ1) is 22.3. The molecule has 0 aliphatic rings. The molecule has 0 aromatic heterocycles. The van der Waals surface area contributed by atoms with Gasteiger partial charge in [0.2, 0.25) is 10.0 Å². The van der Waals surface area contributed by atoms with E-state index < -0.39 is 33.4 Å². The number of anilines is 1. The van der Waals surface area contributed by atoms with Crippen molar-refractivity contribution in [3.05, 3.63) is 63.2 Å². The third-order valence-electron chi connectivity index (χ3n) is 3.64. The number of sulfonamides is 1. The average Bonchev–Trinajstić information content (AvgIpc) is 2.67. The molecule has 0 heterocycles. The second-order valence-electron chi connectivity index (χ2n) is 5.86. The monoisotopic (exact) mass is 441 g/mol. The second-order valence-corrected chi connectivity index (χ2v) is 8.42. The Bertz CT molecular complexity index is 1050. The number of rotatable bonds is 7. The maximum absolute atomic E-state index is 12.0. The van der Waals surface area contributed by atoms with Crippen molar-refractivity contribution in [2.24, 2.45) is 0 Å². The normalized spacial score (nSPS) is 11.2. The van der Waals surface area contributed by atoms with E-state index in [-0.39, 0.29) is 26.9 Å². The molecule has 2 aromatic rings. The van der Waals surface area contributed by atoms with Gasteiger partial charge in [-0.05, 0) is 30.3 Å². The van der Waals surface area contributed by atoms with Crippen molar-refractivity contribution < 1.29 is 27.7 Å². The Morgan fingerprint density at radius 3 is 2.34 bits per heavy atom. The minimum atomic E-state index is -3.64. The Balaban J connectivity index is 2.00. The number of nitro benzene ring substituents is 1. The predicted octanol–water partition coefficient (Wildman–Crippen LogP) is 2.29. The molecule has 0 saturated carbocycles. The molecule has 0 aliphatic heterocycles. The quantitative estimate of drug-likeness (QED) is 0.395. The number of carbonyl (C=O) groups is 2. The fraction of sp³-hybridized carbons (Fsp3) is 0.176. The Kier molecular flexibility index (Phi) is 6.90. The summed E-state index contributed by atoms with van der Waals surface area (Å²) in [6, 6.07) is 8.51. The van der Waals surface area contributed by atoms with Gasteiger partial charge in [0.25, 0.3) is 11.6 Å². The van der Waals surface area contributed by atoms with Gasteiger partial charge in [-0.3, -0.25) is 14.9 Å². The molecule has 12 heteroatoms. The van der Waals surface area contributed by atoms with Gasteiger partial charge >= 0.3 is 5.97 Å². The van der Waals surface area contributed by atoms with E-state index >= 15 is 0 Å². The van der Waals surface area contributed by atoms with Crippen LogP contribution in [0.3, 0.4) is 0 Å². The van der Waals surface area contributed by atoms with Crippen LogP contribution in [0.25, 0.3) is 0 Å². The number of carbonyl (C=O) groups excluding carboxylic acids is 2. The number of nitro groups is 1. The molecule has 0 saturated heterocycles. The molecule has 29 heavy (non-hydrogen) atoms. The molecule has 0 bridgehead atoms. The first-order valence-electron chi connectivity index (χ1n) is 7.96. The van der Waals surface area contributed by atoms with Crippen molar-refractivity contribution >= 4 is 44.9 Å². The highest BCUT2D eigenvalue weighted by Gasteiger charge is 2.18. The predicted molar refractivity (Wildman–Crippen MR) is 104 cm³/mol. The van der Waals surface area contributed by atoms with E-state index in [9.17, 15) is 28.1 Å². The summed E-state index contributed by atoms with van der Waals surface area (Å²) < 4.78 is 29.9. The molecule has 154 valence electrons. The van der Waals surface area contributed by atoms with Crippen LogP contribution >= 0.6 is 11.6 Å². The van der Waals surface area contributed by atoms with Gasteiger partial charge < -0.3 is 10.1 Å². The van der Waals surface area contributed by atoms with Crippen molar-refractivity contribution in [2.75, 3.05) is 26.0 Å². The minimum absolute atomic E-state index is 0.000149. The van der Waals surface area contributed by atoms with E-state index in [1.54, 1.807) is 0 Å². The number of hydrogen-bond acceptors (Lipinski definition) is 7. The molecule has 0 atom stereocenters. The number of benzene rings is 2. The Morgan fingerprint density at radius 1 is 1.17 bits per heavy atom. The van der Waals surface area contributed by atoms with Crippen LogP contribution in [0.1, 0.15) is 10.4 Å². The number of nitrogens with one attached hydrogen (secondary N) is 1. The molecule has 0 fully saturated rings. The Hall–Kier alpha value is -3.02. The van der Waals surface area contributed by atoms with Gasteiger partial charge in [-0.2, -0.15) is 0 Å². The van der Waals surface area contributed by atoms with E-state index in [4.69, 9.17) is 16.3 Å². The zero-order valence-corrected chi connectivity index (χ0v) is 16.9. The molecule has 0 aliphatic carbocycles. The van der Waals surface area contributed by atoms with Crippen molar-refractivity contribution in [3.8, 4) is 0 Å². The summed E-state index contributed by atoms with van der Waals surface area (Å²) in [5.41, 5.74) is -0.224. The molecular formula is C17H16ClN3O7S. The highest BCUT2D eigenvalue weighted by Crippen LogP contribution is 2.26. The molecule has 2 rings (SSSR count). The SMILES string of the molecule is CN(C)S(=O)(=O)c1ccc(C(=O)OCC(=O)Nc2cc([N+](=O)[O-])ccc2Cl)cc1. The Morgan fingerprint density at radius 2 is 1.79 bits per heavy atom. The van der Waals surface area contributed by atoms with Gasteiger partial charge in [0.05, 0.1) is 26.1 Å². The lowest BCUT2D eigenvalue weighted by molar-refractivity contribution is -0.384. The number of halogens is 1. The topological polar surface area (TPSA) is 136 Å². The second kappa shape index (κ2) is 8.99. The standard InChI is InChI=1S/C17H16ClN3O7S/c1-20(2)29(26,27)13-6-3-11(4-7-13)17(23)28-10-16(22)19-15-9-12(21(24)25)5-8-14(15)18/h3-9H,10H2,1-2H3,(H,19,22). The third-order valence-corrected chi connectivity index (χ3v) is 5.80. The third kappa shape index (κ3) is 5.50. The summed E-state index contributed by atoms with van der Waals surface area (Å²) in [6.07, 6.45) is 0. The van der Waals surface area contributed by atoms with Crippen LogP contribution in [-0.4, -0.2) is 50.2 Å². The number of non-ortho nitro benzene ring substituents is 1. The lowest BCUT2D eigenvalue weighted by Crippen LogP contribution is -2.22. The molecule has 0 unspecified atom stereocenters. The van der Waals surface area contributed by atoms with Gasteiger partial charge in [0, 0.05) is 26.2 Å². The fourth-order valence-electron chi connectivity index (χ4n) is 2.10. The molecule has 0 radical (unpaired) electrons. The lowest BCUT2D eigenvalue weighted by Gasteiger charge is -2.11. The number of hydrogen-bond donors (Lipinski definition) is 1. The summed E-state index contributed by atoms with van der Waals surface area (Å²) in [6.45, 7) is -0.671. The first-order chi connectivity index (χ1) is 13.5. The van der Waals surface area contributed by atoms with E-state index in [0.29, 0.717) is 0 Å². The summed E-state index contributed by atoms with van der Waals surface area (Å²) in [5, 5.41) is 13.2. The van der Waals surface area contributed by atoms with Gasteiger partial charge in [-0.1, -0.05) is 11.6 Å². The van der Waals surface area contributed by atoms with Crippen LogP contribution in [0.2, 0.25) is 5.02 Å². The number of amides is 1. The van der Waals surface area contributed by atoms with E-state index in [2.05, 4.69) is 5.32 Å². The van der Waals surface area contributed by atoms with Crippen molar-refractivity contribution in [1.82, 2.24) is 4.31 Å². The van der Waals surface area contributed by atoms with Gasteiger partial charge in [0.15, 0.2) is 6.61 Å². The highest BCUT2D eigenvalue weighted by atomic mass is 35.5. The van der Waals surface area contributed by atoms with Gasteiger partial charge in [-0.25, -0.2) is 17.5 Å². The smallest absolute Gasteiger partial charge is 0.338 e. The van der Waals surface area contributed by atoms with Gasteiger partial charge in [-0.15, -0.1) is 0 Å². The Labute approximate surface area is 171 Å². The van der Waals surface area contributed by atoms with Gasteiger partial charge in [0.1, 0.15) is 0 Å². The van der Waals surface area contributed by atoms with Crippen molar-refractivity contribution in [1.29, 1.82) is 0 Å². The number of esters is 1. The zero-order chi connectivity index (χ0) is 21.8. The summed E-state index contributed by atoms with van der Waals surface area (Å²) in [5.74, 6) is -1.60. The van der Waals surface area contributed by atoms with Crippen LogP contribution in [0.4, 0.5) is 11.4 Å². The fourth-order valence-corrected chi connectivity index (χ4v) is 3.16. The molecule has 2 aromatic carbocycles. The molecular weight excluding hydrogens is 426 g/mol. The zero-order valence-electron chi connectivity index (χ0n) is 15.3. The molecule has 1 N–H and O–H groups in total. The highest BCUT2D eigenvalue weighted by molar-refractivity contribution is 7.89. The minimum Gasteiger partial charge on any atom is -0.452 e. The average molecular weight is 442 g/mol. The van der Waals surface area contributed by atoms with Crippen molar-refractivity contribution in [2.45, 2.75) is 4.90 Å². The maximum Gasteiger partial charge on any atom is 0.338 e. The van der Waals surface area contributed by atoms with E-state index in [1.165, 1.54) is 50.5 Å². The maximum atomic E-state index is 12.0. The number of ether oxygens (including phenoxy) is 1.